The Hall–Kier alpha value is -1.50. The van der Waals surface area contributed by atoms with E-state index in [0.29, 0.717) is 5.56 Å². The largest absolute Gasteiger partial charge is 0.367 e. The van der Waals surface area contributed by atoms with Crippen molar-refractivity contribution >= 4 is 33.2 Å². The molecule has 0 N–H and O–H groups in total. The Bertz CT molecular complexity index is 647. The summed E-state index contributed by atoms with van der Waals surface area (Å²) in [4.78, 5) is 2.09. The fraction of sp³-hybridized carbons (Fsp3) is 0.188. The third-order valence-corrected chi connectivity index (χ3v) is 4.33. The van der Waals surface area contributed by atoms with Crippen LogP contribution < -0.4 is 4.90 Å². The summed E-state index contributed by atoms with van der Waals surface area (Å²) in [6, 6.07) is 15.9. The first-order chi connectivity index (χ1) is 9.54. The lowest BCUT2D eigenvalue weighted by Gasteiger charge is -2.28. The zero-order valence-electron chi connectivity index (χ0n) is 11.3. The van der Waals surface area contributed by atoms with E-state index in [2.05, 4.69) is 33.8 Å². The highest BCUT2D eigenvalue weighted by Crippen LogP contribution is 2.31. The van der Waals surface area contributed by atoms with Gasteiger partial charge in [0.05, 0.1) is 17.3 Å². The molecule has 0 fully saturated rings. The Kier molecular flexibility index (Phi) is 4.69. The summed E-state index contributed by atoms with van der Waals surface area (Å²) in [5.41, 5.74) is 2.71. The molecule has 0 bridgehead atoms. The summed E-state index contributed by atoms with van der Waals surface area (Å²) < 4.78 is 0.813. The van der Waals surface area contributed by atoms with Gasteiger partial charge in [-0.2, -0.15) is 5.26 Å². The van der Waals surface area contributed by atoms with Gasteiger partial charge in [0.1, 0.15) is 6.07 Å². The molecule has 4 heteroatoms. The standard InChI is InChI=1S/C16H14BrClN2/c1-11(12-6-8-13(18)9-7-12)20(2)16-5-3-4-15(17)14(16)10-19/h3-9,11H,1-2H3. The molecule has 0 aliphatic carbocycles. The molecule has 1 unspecified atom stereocenters. The maximum atomic E-state index is 9.31. The van der Waals surface area contributed by atoms with Crippen LogP contribution in [0.5, 0.6) is 0 Å². The Balaban J connectivity index is 2.36. The lowest BCUT2D eigenvalue weighted by molar-refractivity contribution is 0.739. The fourth-order valence-electron chi connectivity index (χ4n) is 2.09. The first-order valence-corrected chi connectivity index (χ1v) is 7.38. The molecule has 0 spiro atoms. The SMILES string of the molecule is CC(c1ccc(Cl)cc1)N(C)c1cccc(Br)c1C#N. The van der Waals surface area contributed by atoms with E-state index < -0.39 is 0 Å². The van der Waals surface area contributed by atoms with E-state index in [4.69, 9.17) is 11.6 Å². The highest BCUT2D eigenvalue weighted by Gasteiger charge is 2.16. The van der Waals surface area contributed by atoms with Gasteiger partial charge in [0, 0.05) is 16.5 Å². The maximum absolute atomic E-state index is 9.31. The maximum Gasteiger partial charge on any atom is 0.103 e. The van der Waals surface area contributed by atoms with Crippen LogP contribution in [0.15, 0.2) is 46.9 Å². The van der Waals surface area contributed by atoms with Crippen molar-refractivity contribution < 1.29 is 0 Å². The minimum Gasteiger partial charge on any atom is -0.367 e. The lowest BCUT2D eigenvalue weighted by Crippen LogP contribution is -2.22. The molecule has 20 heavy (non-hydrogen) atoms. The van der Waals surface area contributed by atoms with Gasteiger partial charge >= 0.3 is 0 Å². The lowest BCUT2D eigenvalue weighted by atomic mass is 10.1. The normalized spacial score (nSPS) is 11.8. The second kappa shape index (κ2) is 6.30. The van der Waals surface area contributed by atoms with Gasteiger partial charge in [0.25, 0.3) is 0 Å². The minimum absolute atomic E-state index is 0.147. The molecule has 0 aromatic heterocycles. The first kappa shape index (κ1) is 14.9. The smallest absolute Gasteiger partial charge is 0.103 e. The molecule has 2 nitrogen and oxygen atoms in total. The Morgan fingerprint density at radius 3 is 2.45 bits per heavy atom. The number of rotatable bonds is 3. The van der Waals surface area contributed by atoms with Crippen molar-refractivity contribution in [2.45, 2.75) is 13.0 Å². The van der Waals surface area contributed by atoms with E-state index in [0.717, 1.165) is 20.7 Å². The number of nitrogens with zero attached hydrogens (tertiary/aromatic N) is 2. The van der Waals surface area contributed by atoms with E-state index in [-0.39, 0.29) is 6.04 Å². The topological polar surface area (TPSA) is 27.0 Å². The molecule has 0 amide bonds. The van der Waals surface area contributed by atoms with Gasteiger partial charge in [-0.25, -0.2) is 0 Å². The minimum atomic E-state index is 0.147. The summed E-state index contributed by atoms with van der Waals surface area (Å²) >= 11 is 9.34. The third kappa shape index (κ3) is 2.98. The number of hydrogen-bond acceptors (Lipinski definition) is 2. The molecule has 2 aromatic rings. The van der Waals surface area contributed by atoms with Gasteiger partial charge in [-0.1, -0.05) is 29.8 Å². The van der Waals surface area contributed by atoms with Gasteiger partial charge < -0.3 is 4.90 Å². The molecule has 0 saturated carbocycles. The zero-order chi connectivity index (χ0) is 14.7. The van der Waals surface area contributed by atoms with Gasteiger partial charge in [0.2, 0.25) is 0 Å². The fourth-order valence-corrected chi connectivity index (χ4v) is 2.66. The molecule has 2 rings (SSSR count). The molecule has 2 aromatic carbocycles. The van der Waals surface area contributed by atoms with Crippen LogP contribution in [0.3, 0.4) is 0 Å². The average Bonchev–Trinajstić information content (AvgIpc) is 2.46. The van der Waals surface area contributed by atoms with E-state index in [1.165, 1.54) is 0 Å². The third-order valence-electron chi connectivity index (χ3n) is 3.42. The molecule has 1 atom stereocenters. The van der Waals surface area contributed by atoms with Crippen molar-refractivity contribution in [2.75, 3.05) is 11.9 Å². The number of benzene rings is 2. The van der Waals surface area contributed by atoms with Gasteiger partial charge in [0.15, 0.2) is 0 Å². The van der Waals surface area contributed by atoms with Crippen LogP contribution in [0, 0.1) is 11.3 Å². The van der Waals surface area contributed by atoms with Crippen LogP contribution in [-0.4, -0.2) is 7.05 Å². The Morgan fingerprint density at radius 1 is 1.20 bits per heavy atom. The molecule has 0 radical (unpaired) electrons. The number of hydrogen-bond donors (Lipinski definition) is 0. The van der Waals surface area contributed by atoms with Crippen molar-refractivity contribution in [1.82, 2.24) is 0 Å². The van der Waals surface area contributed by atoms with Crippen LogP contribution in [0.2, 0.25) is 5.02 Å². The van der Waals surface area contributed by atoms with Crippen LogP contribution in [0.4, 0.5) is 5.69 Å². The van der Waals surface area contributed by atoms with E-state index >= 15 is 0 Å². The molecule has 0 heterocycles. The molecule has 0 aliphatic heterocycles. The van der Waals surface area contributed by atoms with Gasteiger partial charge in [-0.05, 0) is 52.7 Å². The van der Waals surface area contributed by atoms with Gasteiger partial charge in [-0.3, -0.25) is 0 Å². The summed E-state index contributed by atoms with van der Waals surface area (Å²) in [5, 5.41) is 10.0. The van der Waals surface area contributed by atoms with E-state index in [9.17, 15) is 5.26 Å². The van der Waals surface area contributed by atoms with Crippen molar-refractivity contribution in [3.8, 4) is 6.07 Å². The number of anilines is 1. The predicted octanol–water partition coefficient (Wildman–Crippen LogP) is 5.17. The monoisotopic (exact) mass is 348 g/mol. The highest BCUT2D eigenvalue weighted by molar-refractivity contribution is 9.10. The van der Waals surface area contributed by atoms with E-state index in [1.54, 1.807) is 0 Å². The van der Waals surface area contributed by atoms with E-state index in [1.807, 2.05) is 49.5 Å². The van der Waals surface area contributed by atoms with Crippen molar-refractivity contribution in [3.63, 3.8) is 0 Å². The van der Waals surface area contributed by atoms with Crippen molar-refractivity contribution in [3.05, 3.63) is 63.1 Å². The Labute approximate surface area is 132 Å². The predicted molar refractivity (Wildman–Crippen MR) is 87.1 cm³/mol. The molecule has 102 valence electrons. The van der Waals surface area contributed by atoms with Crippen molar-refractivity contribution in [1.29, 1.82) is 5.26 Å². The van der Waals surface area contributed by atoms with Crippen LogP contribution in [0.25, 0.3) is 0 Å². The summed E-state index contributed by atoms with van der Waals surface area (Å²) in [5.74, 6) is 0. The molecular weight excluding hydrogens is 336 g/mol. The molecular formula is C16H14BrClN2. The molecule has 0 aliphatic rings. The first-order valence-electron chi connectivity index (χ1n) is 6.21. The van der Waals surface area contributed by atoms with Crippen LogP contribution in [0.1, 0.15) is 24.1 Å². The van der Waals surface area contributed by atoms with Crippen LogP contribution in [-0.2, 0) is 0 Å². The number of halogens is 2. The number of nitriles is 1. The zero-order valence-corrected chi connectivity index (χ0v) is 13.6. The summed E-state index contributed by atoms with van der Waals surface area (Å²) in [7, 11) is 1.99. The molecule has 0 saturated heterocycles. The van der Waals surface area contributed by atoms with Crippen molar-refractivity contribution in [2.24, 2.45) is 0 Å². The second-order valence-electron chi connectivity index (χ2n) is 4.58. The highest BCUT2D eigenvalue weighted by atomic mass is 79.9. The average molecular weight is 350 g/mol. The Morgan fingerprint density at radius 2 is 1.85 bits per heavy atom. The van der Waals surface area contributed by atoms with Crippen LogP contribution >= 0.6 is 27.5 Å². The van der Waals surface area contributed by atoms with Gasteiger partial charge in [-0.15, -0.1) is 0 Å². The second-order valence-corrected chi connectivity index (χ2v) is 5.87. The quantitative estimate of drug-likeness (QED) is 0.764. The summed E-state index contributed by atoms with van der Waals surface area (Å²) in [6.45, 7) is 2.10. The summed E-state index contributed by atoms with van der Waals surface area (Å²) in [6.07, 6.45) is 0.